The average molecular weight is 441 g/mol. The van der Waals surface area contributed by atoms with Crippen LogP contribution in [0, 0.1) is 13.8 Å². The first kappa shape index (κ1) is 21.1. The molecule has 1 N–H and O–H groups in total. The summed E-state index contributed by atoms with van der Waals surface area (Å²) in [6, 6.07) is 5.31. The van der Waals surface area contributed by atoms with Crippen molar-refractivity contribution in [3.05, 3.63) is 35.2 Å². The van der Waals surface area contributed by atoms with Crippen molar-refractivity contribution in [1.82, 2.24) is 19.6 Å². The molecule has 2 aromatic heterocycles. The van der Waals surface area contributed by atoms with Gasteiger partial charge in [-0.2, -0.15) is 4.98 Å². The van der Waals surface area contributed by atoms with E-state index in [1.165, 1.54) is 11.8 Å². The molecule has 1 saturated heterocycles. The molecule has 3 heterocycles. The fourth-order valence-corrected chi connectivity index (χ4v) is 4.12. The van der Waals surface area contributed by atoms with E-state index in [1.54, 1.807) is 34.7 Å². The van der Waals surface area contributed by atoms with Gasteiger partial charge >= 0.3 is 0 Å². The summed E-state index contributed by atoms with van der Waals surface area (Å²) in [6.45, 7) is 4.42. The molecular weight excluding hydrogens is 416 g/mol. The van der Waals surface area contributed by atoms with Gasteiger partial charge in [-0.05, 0) is 44.7 Å². The molecule has 1 aliphatic rings. The van der Waals surface area contributed by atoms with Crippen LogP contribution in [0.5, 0.6) is 5.75 Å². The summed E-state index contributed by atoms with van der Waals surface area (Å²) in [5, 5.41) is 8.00. The van der Waals surface area contributed by atoms with E-state index >= 15 is 0 Å². The first-order valence-corrected chi connectivity index (χ1v) is 11.2. The topological polar surface area (TPSA) is 102 Å². The Labute approximate surface area is 184 Å². The zero-order valence-electron chi connectivity index (χ0n) is 17.9. The molecule has 31 heavy (non-hydrogen) atoms. The molecule has 0 unspecified atom stereocenters. The highest BCUT2D eigenvalue weighted by Crippen LogP contribution is 2.34. The Kier molecular flexibility index (Phi) is 5.81. The highest BCUT2D eigenvalue weighted by atomic mass is 32.2. The van der Waals surface area contributed by atoms with Crippen LogP contribution in [0.25, 0.3) is 5.78 Å². The SMILES string of the molecule is COc1ccc(NC(=O)Cc2c(C)nc3nc(SC)nn3c2C)cc1N1CCCC1=O. The molecular formula is C21H24N6O3S. The van der Waals surface area contributed by atoms with Crippen LogP contribution in [0.4, 0.5) is 11.4 Å². The molecule has 0 radical (unpaired) electrons. The first-order chi connectivity index (χ1) is 14.9. The number of hydrogen-bond donors (Lipinski definition) is 1. The Balaban J connectivity index is 1.57. The van der Waals surface area contributed by atoms with Crippen LogP contribution in [0.2, 0.25) is 0 Å². The number of carbonyl (C=O) groups excluding carboxylic acids is 2. The van der Waals surface area contributed by atoms with Crippen LogP contribution in [0.15, 0.2) is 23.4 Å². The molecule has 0 bridgehead atoms. The number of aryl methyl sites for hydroxylation is 2. The molecule has 10 heteroatoms. The Morgan fingerprint density at radius 2 is 2.10 bits per heavy atom. The second-order valence-electron chi connectivity index (χ2n) is 7.33. The number of thioether (sulfide) groups is 1. The van der Waals surface area contributed by atoms with Crippen molar-refractivity contribution < 1.29 is 14.3 Å². The van der Waals surface area contributed by atoms with Crippen LogP contribution in [-0.2, 0) is 16.0 Å². The lowest BCUT2D eigenvalue weighted by Gasteiger charge is -2.20. The van der Waals surface area contributed by atoms with E-state index < -0.39 is 0 Å². The van der Waals surface area contributed by atoms with Gasteiger partial charge in [0.2, 0.25) is 17.0 Å². The summed E-state index contributed by atoms with van der Waals surface area (Å²) in [6.07, 6.45) is 3.39. The lowest BCUT2D eigenvalue weighted by Crippen LogP contribution is -2.24. The van der Waals surface area contributed by atoms with Gasteiger partial charge in [0.15, 0.2) is 0 Å². The Bertz CT molecular complexity index is 1180. The lowest BCUT2D eigenvalue weighted by atomic mass is 10.1. The number of ether oxygens (including phenoxy) is 1. The fourth-order valence-electron chi connectivity index (χ4n) is 3.78. The van der Waals surface area contributed by atoms with E-state index in [4.69, 9.17) is 4.74 Å². The molecule has 0 saturated carbocycles. The summed E-state index contributed by atoms with van der Waals surface area (Å²) >= 11 is 1.44. The summed E-state index contributed by atoms with van der Waals surface area (Å²) in [5.74, 6) is 1.01. The quantitative estimate of drug-likeness (QED) is 0.588. The number of rotatable bonds is 6. The van der Waals surface area contributed by atoms with Gasteiger partial charge in [0.1, 0.15) is 5.75 Å². The largest absolute Gasteiger partial charge is 0.495 e. The van der Waals surface area contributed by atoms with Crippen molar-refractivity contribution >= 4 is 40.7 Å². The van der Waals surface area contributed by atoms with Gasteiger partial charge in [0, 0.05) is 35.6 Å². The monoisotopic (exact) mass is 440 g/mol. The molecule has 2 amide bonds. The van der Waals surface area contributed by atoms with E-state index in [2.05, 4.69) is 20.4 Å². The summed E-state index contributed by atoms with van der Waals surface area (Å²) in [7, 11) is 1.57. The Hall–Kier alpha value is -3.14. The number of benzene rings is 1. The van der Waals surface area contributed by atoms with Crippen LogP contribution >= 0.6 is 11.8 Å². The van der Waals surface area contributed by atoms with E-state index in [0.29, 0.717) is 41.0 Å². The number of nitrogens with zero attached hydrogens (tertiary/aromatic N) is 5. The Morgan fingerprint density at radius 3 is 2.77 bits per heavy atom. The third-order valence-corrected chi connectivity index (χ3v) is 5.91. The number of amides is 2. The minimum absolute atomic E-state index is 0.0600. The standard InChI is InChI=1S/C21H24N6O3S/c1-12-15(13(2)27-20(22-12)24-21(25-27)31-4)11-18(28)23-14-7-8-17(30-3)16(10-14)26-9-5-6-19(26)29/h7-8,10H,5-6,9,11H2,1-4H3,(H,23,28). The highest BCUT2D eigenvalue weighted by molar-refractivity contribution is 7.98. The van der Waals surface area contributed by atoms with Gasteiger partial charge in [0.05, 0.1) is 19.2 Å². The maximum atomic E-state index is 12.8. The smallest absolute Gasteiger partial charge is 0.253 e. The number of methoxy groups -OCH3 is 1. The zero-order valence-corrected chi connectivity index (χ0v) is 18.7. The third-order valence-electron chi connectivity index (χ3n) is 5.38. The van der Waals surface area contributed by atoms with Crippen molar-refractivity contribution in [2.75, 3.05) is 30.1 Å². The molecule has 1 aromatic carbocycles. The lowest BCUT2D eigenvalue weighted by molar-refractivity contribution is -0.117. The van der Waals surface area contributed by atoms with Crippen molar-refractivity contribution in [1.29, 1.82) is 0 Å². The third kappa shape index (κ3) is 4.07. The number of carbonyl (C=O) groups is 2. The predicted molar refractivity (Wildman–Crippen MR) is 119 cm³/mol. The molecule has 1 fully saturated rings. The minimum atomic E-state index is -0.179. The molecule has 162 valence electrons. The van der Waals surface area contributed by atoms with Gasteiger partial charge in [-0.25, -0.2) is 9.50 Å². The van der Waals surface area contributed by atoms with E-state index in [1.807, 2.05) is 20.1 Å². The highest BCUT2D eigenvalue weighted by Gasteiger charge is 2.25. The molecule has 3 aromatic rings. The van der Waals surface area contributed by atoms with Crippen molar-refractivity contribution in [2.24, 2.45) is 0 Å². The van der Waals surface area contributed by atoms with Crippen LogP contribution < -0.4 is 15.0 Å². The predicted octanol–water partition coefficient (Wildman–Crippen LogP) is 2.78. The molecule has 0 aliphatic carbocycles. The molecule has 0 spiro atoms. The van der Waals surface area contributed by atoms with Crippen LogP contribution in [0.3, 0.4) is 0 Å². The van der Waals surface area contributed by atoms with Crippen LogP contribution in [0.1, 0.15) is 29.8 Å². The second-order valence-corrected chi connectivity index (χ2v) is 8.11. The maximum Gasteiger partial charge on any atom is 0.253 e. The number of anilines is 2. The van der Waals surface area contributed by atoms with Gasteiger partial charge in [-0.15, -0.1) is 5.10 Å². The van der Waals surface area contributed by atoms with Crippen molar-refractivity contribution in [2.45, 2.75) is 38.3 Å². The number of fused-ring (bicyclic) bond motifs is 1. The van der Waals surface area contributed by atoms with E-state index in [-0.39, 0.29) is 18.2 Å². The number of nitrogens with one attached hydrogen (secondary N) is 1. The molecule has 1 aliphatic heterocycles. The number of hydrogen-bond acceptors (Lipinski definition) is 7. The normalized spacial score (nSPS) is 13.8. The maximum absolute atomic E-state index is 12.8. The van der Waals surface area contributed by atoms with Gasteiger partial charge < -0.3 is 15.0 Å². The van der Waals surface area contributed by atoms with Gasteiger partial charge in [-0.3, -0.25) is 9.59 Å². The van der Waals surface area contributed by atoms with E-state index in [9.17, 15) is 9.59 Å². The second kappa shape index (κ2) is 8.54. The van der Waals surface area contributed by atoms with Gasteiger partial charge in [-0.1, -0.05) is 11.8 Å². The summed E-state index contributed by atoms with van der Waals surface area (Å²) in [4.78, 5) is 35.6. The average Bonchev–Trinajstić information content (AvgIpc) is 3.37. The van der Waals surface area contributed by atoms with E-state index in [0.717, 1.165) is 23.4 Å². The molecule has 0 atom stereocenters. The zero-order chi connectivity index (χ0) is 22.1. The molecule has 9 nitrogen and oxygen atoms in total. The number of aromatic nitrogens is 4. The first-order valence-electron chi connectivity index (χ1n) is 9.96. The fraction of sp³-hybridized carbons (Fsp3) is 0.381. The van der Waals surface area contributed by atoms with Crippen molar-refractivity contribution in [3.8, 4) is 5.75 Å². The summed E-state index contributed by atoms with van der Waals surface area (Å²) in [5.41, 5.74) is 3.67. The molecule has 4 rings (SSSR count). The minimum Gasteiger partial charge on any atom is -0.495 e. The van der Waals surface area contributed by atoms with Crippen LogP contribution in [-0.4, -0.2) is 51.3 Å². The summed E-state index contributed by atoms with van der Waals surface area (Å²) < 4.78 is 7.09. The van der Waals surface area contributed by atoms with Gasteiger partial charge in [0.25, 0.3) is 5.78 Å². The Morgan fingerprint density at radius 1 is 1.29 bits per heavy atom. The van der Waals surface area contributed by atoms with Crippen molar-refractivity contribution in [3.63, 3.8) is 0 Å².